The average molecular weight is 306 g/mol. The molecule has 0 spiro atoms. The molecule has 0 aliphatic rings. The molecule has 21 heavy (non-hydrogen) atoms. The van der Waals surface area contributed by atoms with Crippen LogP contribution in [-0.2, 0) is 17.6 Å². The fourth-order valence-electron chi connectivity index (χ4n) is 1.92. The third kappa shape index (κ3) is 4.68. The Bertz CT molecular complexity index is 626. The summed E-state index contributed by atoms with van der Waals surface area (Å²) in [6.07, 6.45) is 0.887. The number of benzene rings is 2. The first-order valence-corrected chi connectivity index (χ1v) is 6.94. The lowest BCUT2D eigenvalue weighted by atomic mass is 10.1. The van der Waals surface area contributed by atoms with Gasteiger partial charge in [0.15, 0.2) is 11.5 Å². The number of rotatable bonds is 5. The minimum Gasteiger partial charge on any atom is -0.504 e. The van der Waals surface area contributed by atoms with Crippen LogP contribution in [0.1, 0.15) is 11.1 Å². The largest absolute Gasteiger partial charge is 0.504 e. The molecule has 0 aliphatic heterocycles. The molecule has 0 bridgehead atoms. The maximum atomic E-state index is 11.8. The fraction of sp³-hybridized carbons (Fsp3) is 0.188. The Morgan fingerprint density at radius 1 is 1.00 bits per heavy atom. The Hall–Kier alpha value is -2.20. The molecule has 2 aromatic carbocycles. The van der Waals surface area contributed by atoms with E-state index < -0.39 is 0 Å². The topological polar surface area (TPSA) is 69.6 Å². The van der Waals surface area contributed by atoms with Crippen LogP contribution in [0.5, 0.6) is 11.5 Å². The summed E-state index contributed by atoms with van der Waals surface area (Å²) in [7, 11) is 0. The summed E-state index contributed by atoms with van der Waals surface area (Å²) in [6, 6.07) is 11.8. The van der Waals surface area contributed by atoms with Crippen LogP contribution in [0, 0.1) is 0 Å². The maximum Gasteiger partial charge on any atom is 0.224 e. The predicted molar refractivity (Wildman–Crippen MR) is 81.6 cm³/mol. The van der Waals surface area contributed by atoms with Crippen molar-refractivity contribution in [3.63, 3.8) is 0 Å². The van der Waals surface area contributed by atoms with Crippen LogP contribution in [0.15, 0.2) is 42.5 Å². The lowest BCUT2D eigenvalue weighted by Crippen LogP contribution is -2.27. The minimum atomic E-state index is -0.153. The summed E-state index contributed by atoms with van der Waals surface area (Å²) in [6.45, 7) is 0.469. The summed E-state index contributed by atoms with van der Waals surface area (Å²) in [5.41, 5.74) is 1.75. The first kappa shape index (κ1) is 15.2. The highest BCUT2D eigenvalue weighted by Gasteiger charge is 2.04. The molecule has 1 amide bonds. The molecule has 0 heterocycles. The summed E-state index contributed by atoms with van der Waals surface area (Å²) < 4.78 is 0. The number of phenols is 2. The number of carbonyl (C=O) groups excluding carboxylic acids is 1. The fourth-order valence-corrected chi connectivity index (χ4v) is 2.05. The second-order valence-electron chi connectivity index (χ2n) is 4.73. The summed E-state index contributed by atoms with van der Waals surface area (Å²) in [4.78, 5) is 11.8. The Morgan fingerprint density at radius 3 is 2.33 bits per heavy atom. The highest BCUT2D eigenvalue weighted by molar-refractivity contribution is 6.30. The van der Waals surface area contributed by atoms with Gasteiger partial charge < -0.3 is 15.5 Å². The minimum absolute atomic E-state index is 0.0691. The number of phenolic OH excluding ortho intramolecular Hbond substituents is 2. The monoisotopic (exact) mass is 305 g/mol. The summed E-state index contributed by atoms with van der Waals surface area (Å²) in [5.74, 6) is -0.370. The molecule has 2 aromatic rings. The standard InChI is InChI=1S/C16H16ClNO3/c17-13-4-1-11(2-5-13)10-16(21)18-8-7-12-3-6-14(19)15(20)9-12/h1-6,9,19-20H,7-8,10H2,(H,18,21). The number of hydrogen-bond donors (Lipinski definition) is 3. The predicted octanol–water partition coefficient (Wildman–Crippen LogP) is 2.65. The molecule has 0 fully saturated rings. The van der Waals surface area contributed by atoms with Crippen LogP contribution < -0.4 is 5.32 Å². The van der Waals surface area contributed by atoms with Gasteiger partial charge >= 0.3 is 0 Å². The first-order chi connectivity index (χ1) is 10.0. The molecular formula is C16H16ClNO3. The molecule has 0 saturated carbocycles. The van der Waals surface area contributed by atoms with Gasteiger partial charge in [0.1, 0.15) is 0 Å². The molecule has 0 unspecified atom stereocenters. The SMILES string of the molecule is O=C(Cc1ccc(Cl)cc1)NCCc1ccc(O)c(O)c1. The number of hydrogen-bond acceptors (Lipinski definition) is 3. The molecule has 4 nitrogen and oxygen atoms in total. The van der Waals surface area contributed by atoms with E-state index >= 15 is 0 Å². The summed E-state index contributed by atoms with van der Waals surface area (Å²) >= 11 is 5.78. The van der Waals surface area contributed by atoms with Crippen LogP contribution in [0.4, 0.5) is 0 Å². The third-order valence-corrected chi connectivity index (χ3v) is 3.31. The Labute approximate surface area is 128 Å². The first-order valence-electron chi connectivity index (χ1n) is 6.56. The van der Waals surface area contributed by atoms with Gasteiger partial charge in [0.25, 0.3) is 0 Å². The smallest absolute Gasteiger partial charge is 0.224 e. The van der Waals surface area contributed by atoms with Gasteiger partial charge in [-0.25, -0.2) is 0 Å². The zero-order valence-corrected chi connectivity index (χ0v) is 12.1. The van der Waals surface area contributed by atoms with Crippen molar-refractivity contribution in [1.29, 1.82) is 0 Å². The van der Waals surface area contributed by atoms with Crippen LogP contribution >= 0.6 is 11.6 Å². The molecule has 2 rings (SSSR count). The number of nitrogens with one attached hydrogen (secondary N) is 1. The van der Waals surface area contributed by atoms with Crippen molar-refractivity contribution in [3.8, 4) is 11.5 Å². The van der Waals surface area contributed by atoms with Crippen molar-refractivity contribution in [2.45, 2.75) is 12.8 Å². The van der Waals surface area contributed by atoms with Crippen molar-refractivity contribution < 1.29 is 15.0 Å². The molecule has 3 N–H and O–H groups in total. The molecule has 0 aromatic heterocycles. The van der Waals surface area contributed by atoms with Crippen LogP contribution in [0.2, 0.25) is 5.02 Å². The molecule has 110 valence electrons. The van der Waals surface area contributed by atoms with Gasteiger partial charge in [0.05, 0.1) is 6.42 Å². The third-order valence-electron chi connectivity index (χ3n) is 3.05. The quantitative estimate of drug-likeness (QED) is 0.744. The van der Waals surface area contributed by atoms with Crippen LogP contribution in [0.25, 0.3) is 0 Å². The van der Waals surface area contributed by atoms with E-state index in [9.17, 15) is 15.0 Å². The normalized spacial score (nSPS) is 10.3. The van der Waals surface area contributed by atoms with E-state index in [1.54, 1.807) is 18.2 Å². The van der Waals surface area contributed by atoms with Gasteiger partial charge in [-0.2, -0.15) is 0 Å². The molecule has 5 heteroatoms. The van der Waals surface area contributed by atoms with Crippen molar-refractivity contribution in [1.82, 2.24) is 5.32 Å². The molecular weight excluding hydrogens is 290 g/mol. The Morgan fingerprint density at radius 2 is 1.67 bits per heavy atom. The van der Waals surface area contributed by atoms with E-state index in [1.807, 2.05) is 12.1 Å². The van der Waals surface area contributed by atoms with E-state index in [0.717, 1.165) is 11.1 Å². The van der Waals surface area contributed by atoms with Gasteiger partial charge in [0, 0.05) is 11.6 Å². The van der Waals surface area contributed by atoms with Crippen molar-refractivity contribution in [2.75, 3.05) is 6.54 Å². The maximum absolute atomic E-state index is 11.8. The summed E-state index contributed by atoms with van der Waals surface area (Å²) in [5, 5.41) is 22.0. The van der Waals surface area contributed by atoms with Gasteiger partial charge in [-0.1, -0.05) is 29.8 Å². The Kier molecular flexibility index (Phi) is 5.06. The zero-order valence-electron chi connectivity index (χ0n) is 11.3. The Balaban J connectivity index is 1.78. The highest BCUT2D eigenvalue weighted by Crippen LogP contribution is 2.24. The van der Waals surface area contributed by atoms with Gasteiger partial charge in [-0.15, -0.1) is 0 Å². The van der Waals surface area contributed by atoms with Crippen LogP contribution in [0.3, 0.4) is 0 Å². The van der Waals surface area contributed by atoms with Crippen LogP contribution in [-0.4, -0.2) is 22.7 Å². The van der Waals surface area contributed by atoms with Gasteiger partial charge in [-0.05, 0) is 41.8 Å². The molecule has 0 aliphatic carbocycles. The van der Waals surface area contributed by atoms with Crippen molar-refractivity contribution >= 4 is 17.5 Å². The lowest BCUT2D eigenvalue weighted by Gasteiger charge is -2.06. The second-order valence-corrected chi connectivity index (χ2v) is 5.16. The van der Waals surface area contributed by atoms with E-state index in [1.165, 1.54) is 12.1 Å². The van der Waals surface area contributed by atoms with E-state index in [-0.39, 0.29) is 17.4 Å². The van der Waals surface area contributed by atoms with Crippen molar-refractivity contribution in [3.05, 3.63) is 58.6 Å². The van der Waals surface area contributed by atoms with E-state index in [0.29, 0.717) is 24.4 Å². The average Bonchev–Trinajstić information content (AvgIpc) is 2.45. The highest BCUT2D eigenvalue weighted by atomic mass is 35.5. The zero-order chi connectivity index (χ0) is 15.2. The van der Waals surface area contributed by atoms with Gasteiger partial charge in [-0.3, -0.25) is 4.79 Å². The van der Waals surface area contributed by atoms with E-state index in [2.05, 4.69) is 5.32 Å². The number of amides is 1. The van der Waals surface area contributed by atoms with E-state index in [4.69, 9.17) is 11.6 Å². The van der Waals surface area contributed by atoms with Crippen molar-refractivity contribution in [2.24, 2.45) is 0 Å². The van der Waals surface area contributed by atoms with Gasteiger partial charge in [0.2, 0.25) is 5.91 Å². The number of aromatic hydroxyl groups is 2. The molecule has 0 saturated heterocycles. The molecule has 0 radical (unpaired) electrons. The lowest BCUT2D eigenvalue weighted by molar-refractivity contribution is -0.120. The number of carbonyl (C=O) groups is 1. The second kappa shape index (κ2) is 6.99. The molecule has 0 atom stereocenters. The number of halogens is 1.